The number of carbonyl (C=O) groups excluding carboxylic acids is 1. The number of pyridine rings is 2. The average molecular weight is 678 g/mol. The van der Waals surface area contributed by atoms with Crippen LogP contribution in [0.5, 0.6) is 5.75 Å². The fourth-order valence-electron chi connectivity index (χ4n) is 6.10. The molecule has 1 aliphatic rings. The van der Waals surface area contributed by atoms with Gasteiger partial charge in [-0.15, -0.1) is 0 Å². The number of benzene rings is 3. The highest BCUT2D eigenvalue weighted by Crippen LogP contribution is 2.34. The summed E-state index contributed by atoms with van der Waals surface area (Å²) in [5.41, 5.74) is 2.39. The van der Waals surface area contributed by atoms with Crippen molar-refractivity contribution in [3.05, 3.63) is 136 Å². The quantitative estimate of drug-likeness (QED) is 0.199. The Morgan fingerprint density at radius 1 is 0.860 bits per heavy atom. The first-order valence-corrected chi connectivity index (χ1v) is 15.8. The molecule has 1 saturated heterocycles. The van der Waals surface area contributed by atoms with Gasteiger partial charge in [0, 0.05) is 73.1 Å². The first kappa shape index (κ1) is 32.3. The molecule has 0 spiro atoms. The predicted octanol–water partition coefficient (Wildman–Crippen LogP) is 6.10. The van der Waals surface area contributed by atoms with Crippen molar-refractivity contribution in [1.82, 2.24) is 25.1 Å². The molecule has 0 aliphatic carbocycles. The first-order chi connectivity index (χ1) is 24.3. The minimum absolute atomic E-state index is 0.0236. The van der Waals surface area contributed by atoms with Gasteiger partial charge in [-0.05, 0) is 48.0 Å². The third-order valence-electron chi connectivity index (χ3n) is 8.65. The van der Waals surface area contributed by atoms with Crippen molar-refractivity contribution in [3.63, 3.8) is 0 Å². The Balaban J connectivity index is 1.02. The lowest BCUT2D eigenvalue weighted by molar-refractivity contribution is 0.0742. The number of anilines is 3. The standard InChI is InChI=1S/C37H30F3N7O3/c1-50-33-18-23(38)7-8-26(33)28-20-35(42-21-31(28)40)43-34-19-24(10-11-41-34)46-12-14-47(15-13-46)37(49)29-16-22(6-9-30(29)39)17-32-25-4-2-3-5-27(25)36(48)45-44-32/h2-11,16,18-21H,12-15,17H2,1H3,(H,45,48)(H,41,42,43). The molecule has 0 bridgehead atoms. The lowest BCUT2D eigenvalue weighted by atomic mass is 10.0. The molecule has 0 atom stereocenters. The minimum Gasteiger partial charge on any atom is -0.496 e. The van der Waals surface area contributed by atoms with Crippen LogP contribution >= 0.6 is 0 Å². The lowest BCUT2D eigenvalue weighted by Crippen LogP contribution is -2.49. The maximum Gasteiger partial charge on any atom is 0.272 e. The van der Waals surface area contributed by atoms with Gasteiger partial charge >= 0.3 is 0 Å². The van der Waals surface area contributed by atoms with E-state index >= 15 is 0 Å². The highest BCUT2D eigenvalue weighted by atomic mass is 19.1. The number of rotatable bonds is 8. The molecule has 4 heterocycles. The zero-order chi connectivity index (χ0) is 34.8. The molecule has 1 amide bonds. The van der Waals surface area contributed by atoms with Gasteiger partial charge in [0.1, 0.15) is 34.8 Å². The highest BCUT2D eigenvalue weighted by Gasteiger charge is 2.25. The van der Waals surface area contributed by atoms with Crippen LogP contribution in [-0.4, -0.2) is 64.3 Å². The molecule has 3 aromatic carbocycles. The molecule has 7 rings (SSSR count). The van der Waals surface area contributed by atoms with Crippen molar-refractivity contribution < 1.29 is 22.7 Å². The van der Waals surface area contributed by atoms with Crippen molar-refractivity contribution in [2.24, 2.45) is 0 Å². The maximum absolute atomic E-state index is 15.0. The molecule has 2 N–H and O–H groups in total. The van der Waals surface area contributed by atoms with Crippen LogP contribution in [0.15, 0.2) is 96.1 Å². The van der Waals surface area contributed by atoms with Crippen LogP contribution in [-0.2, 0) is 6.42 Å². The van der Waals surface area contributed by atoms with Gasteiger partial charge in [0.2, 0.25) is 0 Å². The summed E-state index contributed by atoms with van der Waals surface area (Å²) in [4.78, 5) is 37.9. The number of hydrogen-bond donors (Lipinski definition) is 2. The minimum atomic E-state index is -0.610. The summed E-state index contributed by atoms with van der Waals surface area (Å²) in [7, 11) is 1.38. The number of aromatic amines is 1. The van der Waals surface area contributed by atoms with Crippen molar-refractivity contribution >= 4 is 34.0 Å². The number of fused-ring (bicyclic) bond motifs is 1. The van der Waals surface area contributed by atoms with Crippen molar-refractivity contribution in [2.75, 3.05) is 43.5 Å². The van der Waals surface area contributed by atoms with Gasteiger partial charge in [-0.3, -0.25) is 9.59 Å². The second-order valence-electron chi connectivity index (χ2n) is 11.7. The third kappa shape index (κ3) is 6.57. The smallest absolute Gasteiger partial charge is 0.272 e. The highest BCUT2D eigenvalue weighted by molar-refractivity contribution is 5.95. The molecule has 13 heteroatoms. The summed E-state index contributed by atoms with van der Waals surface area (Å²) in [5, 5.41) is 11.0. The van der Waals surface area contributed by atoms with E-state index in [1.54, 1.807) is 35.4 Å². The Bertz CT molecular complexity index is 2290. The summed E-state index contributed by atoms with van der Waals surface area (Å²) >= 11 is 0. The molecule has 1 fully saturated rings. The van der Waals surface area contributed by atoms with Gasteiger partial charge < -0.3 is 19.9 Å². The number of H-pyrrole nitrogens is 1. The lowest BCUT2D eigenvalue weighted by Gasteiger charge is -2.36. The molecule has 6 aromatic rings. The average Bonchev–Trinajstić information content (AvgIpc) is 3.14. The second-order valence-corrected chi connectivity index (χ2v) is 11.7. The molecule has 1 aliphatic heterocycles. The number of carbonyl (C=O) groups is 1. The Morgan fingerprint density at radius 3 is 2.44 bits per heavy atom. The number of nitrogens with zero attached hydrogens (tertiary/aromatic N) is 5. The number of piperazine rings is 1. The van der Waals surface area contributed by atoms with Gasteiger partial charge in [0.15, 0.2) is 0 Å². The van der Waals surface area contributed by atoms with E-state index in [-0.39, 0.29) is 22.4 Å². The molecule has 0 saturated carbocycles. The summed E-state index contributed by atoms with van der Waals surface area (Å²) in [6.45, 7) is 1.71. The molecule has 10 nitrogen and oxygen atoms in total. The zero-order valence-electron chi connectivity index (χ0n) is 26.8. The molecule has 50 heavy (non-hydrogen) atoms. The predicted molar refractivity (Wildman–Crippen MR) is 183 cm³/mol. The Hall–Kier alpha value is -6.24. The fourth-order valence-corrected chi connectivity index (χ4v) is 6.10. The van der Waals surface area contributed by atoms with Crippen molar-refractivity contribution in [2.45, 2.75) is 6.42 Å². The van der Waals surface area contributed by atoms with E-state index in [0.29, 0.717) is 71.8 Å². The van der Waals surface area contributed by atoms with Crippen LogP contribution in [0.25, 0.3) is 21.9 Å². The summed E-state index contributed by atoms with van der Waals surface area (Å²) in [5.74, 6) is -1.15. The number of halogens is 3. The largest absolute Gasteiger partial charge is 0.496 e. The second kappa shape index (κ2) is 13.7. The summed E-state index contributed by atoms with van der Waals surface area (Å²) in [6, 6.07) is 20.6. The van der Waals surface area contributed by atoms with Crippen LogP contribution in [0.2, 0.25) is 0 Å². The summed E-state index contributed by atoms with van der Waals surface area (Å²) < 4.78 is 48.8. The van der Waals surface area contributed by atoms with Gasteiger partial charge in [0.05, 0.1) is 30.0 Å². The number of nitrogens with one attached hydrogen (secondary N) is 2. The van der Waals surface area contributed by atoms with Crippen LogP contribution < -0.4 is 20.5 Å². The SMILES string of the molecule is COc1cc(F)ccc1-c1cc(Nc2cc(N3CCN(C(=O)c4cc(Cc5n[nH]c(=O)c6ccccc56)ccc4F)CC3)ccn2)ncc1F. The molecular weight excluding hydrogens is 647 g/mol. The van der Waals surface area contributed by atoms with E-state index in [1.807, 2.05) is 24.3 Å². The van der Waals surface area contributed by atoms with E-state index in [1.165, 1.54) is 37.4 Å². The fraction of sp³-hybridized carbons (Fsp3) is 0.162. The van der Waals surface area contributed by atoms with Crippen LogP contribution in [0, 0.1) is 17.5 Å². The zero-order valence-corrected chi connectivity index (χ0v) is 26.8. The molecule has 252 valence electrons. The number of ether oxygens (including phenoxy) is 1. The number of aromatic nitrogens is 4. The number of amides is 1. The van der Waals surface area contributed by atoms with Gasteiger partial charge in [-0.25, -0.2) is 28.2 Å². The monoisotopic (exact) mass is 677 g/mol. The Morgan fingerprint density at radius 2 is 1.64 bits per heavy atom. The van der Waals surface area contributed by atoms with Crippen LogP contribution in [0.1, 0.15) is 21.6 Å². The number of methoxy groups -OCH3 is 1. The third-order valence-corrected chi connectivity index (χ3v) is 8.65. The topological polar surface area (TPSA) is 116 Å². The molecular formula is C37H30F3N7O3. The molecule has 0 radical (unpaired) electrons. The van der Waals surface area contributed by atoms with E-state index < -0.39 is 23.4 Å². The first-order valence-electron chi connectivity index (χ1n) is 15.8. The Kier molecular flexibility index (Phi) is 8.86. The van der Waals surface area contributed by atoms with E-state index in [0.717, 1.165) is 11.9 Å². The van der Waals surface area contributed by atoms with E-state index in [4.69, 9.17) is 4.74 Å². The van der Waals surface area contributed by atoms with Crippen LogP contribution in [0.4, 0.5) is 30.5 Å². The van der Waals surface area contributed by atoms with Crippen molar-refractivity contribution in [1.29, 1.82) is 0 Å². The Labute approximate surface area is 284 Å². The van der Waals surface area contributed by atoms with Gasteiger partial charge in [-0.2, -0.15) is 5.10 Å². The van der Waals surface area contributed by atoms with Crippen LogP contribution in [0.3, 0.4) is 0 Å². The summed E-state index contributed by atoms with van der Waals surface area (Å²) in [6.07, 6.45) is 3.00. The van der Waals surface area contributed by atoms with Crippen molar-refractivity contribution in [3.8, 4) is 16.9 Å². The van der Waals surface area contributed by atoms with E-state index in [9.17, 15) is 22.8 Å². The molecule has 3 aromatic heterocycles. The number of hydrogen-bond acceptors (Lipinski definition) is 8. The maximum atomic E-state index is 15.0. The van der Waals surface area contributed by atoms with Gasteiger partial charge in [-0.1, -0.05) is 24.3 Å². The van der Waals surface area contributed by atoms with E-state index in [2.05, 4.69) is 30.4 Å². The molecule has 0 unspecified atom stereocenters. The van der Waals surface area contributed by atoms with Gasteiger partial charge in [0.25, 0.3) is 11.5 Å². The normalized spacial score (nSPS) is 13.0.